The number of carbonyl (C=O) groups is 1. The van der Waals surface area contributed by atoms with Gasteiger partial charge in [0.15, 0.2) is 0 Å². The summed E-state index contributed by atoms with van der Waals surface area (Å²) >= 11 is 0. The molecule has 0 aromatic heterocycles. The topological polar surface area (TPSA) is 107 Å². The maximum Gasteiger partial charge on any atom is 0.272 e. The van der Waals surface area contributed by atoms with Crippen LogP contribution in [0.3, 0.4) is 0 Å². The van der Waals surface area contributed by atoms with Crippen LogP contribution in [0.4, 0.5) is 5.69 Å². The molecule has 0 spiro atoms. The lowest BCUT2D eigenvalue weighted by molar-refractivity contribution is -0.385. The molecule has 2 unspecified atom stereocenters. The van der Waals surface area contributed by atoms with Crippen molar-refractivity contribution in [2.45, 2.75) is 38.8 Å². The van der Waals surface area contributed by atoms with Crippen molar-refractivity contribution in [1.29, 1.82) is 0 Å². The molecule has 1 fully saturated rings. The van der Waals surface area contributed by atoms with Crippen LogP contribution in [0.25, 0.3) is 0 Å². The van der Waals surface area contributed by atoms with E-state index in [-0.39, 0.29) is 36.0 Å². The lowest BCUT2D eigenvalue weighted by Gasteiger charge is -2.27. The van der Waals surface area contributed by atoms with Crippen molar-refractivity contribution in [3.05, 3.63) is 39.4 Å². The second-order valence-electron chi connectivity index (χ2n) is 6.01. The lowest BCUT2D eigenvalue weighted by atomic mass is 9.91. The molecule has 1 aliphatic rings. The van der Waals surface area contributed by atoms with Crippen LogP contribution in [-0.2, 0) is 9.53 Å². The molecule has 3 N–H and O–H groups in total. The first-order valence-electron chi connectivity index (χ1n) is 7.78. The van der Waals surface area contributed by atoms with Crippen LogP contribution >= 0.6 is 12.4 Å². The largest absolute Gasteiger partial charge is 0.381 e. The summed E-state index contributed by atoms with van der Waals surface area (Å²) in [6.07, 6.45) is 1.55. The van der Waals surface area contributed by atoms with Gasteiger partial charge < -0.3 is 15.8 Å². The van der Waals surface area contributed by atoms with E-state index >= 15 is 0 Å². The maximum absolute atomic E-state index is 12.3. The highest BCUT2D eigenvalue weighted by molar-refractivity contribution is 5.85. The minimum atomic E-state index is -0.582. The molecule has 2 atom stereocenters. The SMILES string of the molecule is Cc1ccc(C(C)NC(=O)C(N)C2CCOCC2)cc1[N+](=O)[O-].Cl. The van der Waals surface area contributed by atoms with Crippen molar-refractivity contribution < 1.29 is 14.5 Å². The van der Waals surface area contributed by atoms with Crippen LogP contribution in [0.2, 0.25) is 0 Å². The van der Waals surface area contributed by atoms with Crippen LogP contribution in [0.5, 0.6) is 0 Å². The van der Waals surface area contributed by atoms with Gasteiger partial charge in [0.2, 0.25) is 5.91 Å². The van der Waals surface area contributed by atoms with Crippen LogP contribution < -0.4 is 11.1 Å². The molecule has 1 aromatic carbocycles. The molecular weight excluding hydrogens is 334 g/mol. The Labute approximate surface area is 147 Å². The highest BCUT2D eigenvalue weighted by Crippen LogP contribution is 2.24. The van der Waals surface area contributed by atoms with Crippen molar-refractivity contribution in [1.82, 2.24) is 5.32 Å². The first-order valence-corrected chi connectivity index (χ1v) is 7.78. The van der Waals surface area contributed by atoms with E-state index < -0.39 is 11.0 Å². The molecule has 0 radical (unpaired) electrons. The van der Waals surface area contributed by atoms with E-state index in [0.717, 1.165) is 12.8 Å². The maximum atomic E-state index is 12.3. The predicted molar refractivity (Wildman–Crippen MR) is 93.2 cm³/mol. The highest BCUT2D eigenvalue weighted by Gasteiger charge is 2.27. The zero-order valence-electron chi connectivity index (χ0n) is 13.9. The van der Waals surface area contributed by atoms with Gasteiger partial charge in [0.1, 0.15) is 0 Å². The summed E-state index contributed by atoms with van der Waals surface area (Å²) in [6.45, 7) is 4.74. The molecule has 1 aliphatic heterocycles. The van der Waals surface area contributed by atoms with Crippen molar-refractivity contribution in [3.8, 4) is 0 Å². The number of benzene rings is 1. The summed E-state index contributed by atoms with van der Waals surface area (Å²) in [7, 11) is 0. The van der Waals surface area contributed by atoms with Gasteiger partial charge in [-0.3, -0.25) is 14.9 Å². The van der Waals surface area contributed by atoms with E-state index in [4.69, 9.17) is 10.5 Å². The number of nitro benzene ring substituents is 1. The Balaban J connectivity index is 0.00000288. The van der Waals surface area contributed by atoms with Gasteiger partial charge in [-0.1, -0.05) is 12.1 Å². The molecule has 1 saturated heterocycles. The van der Waals surface area contributed by atoms with E-state index in [1.165, 1.54) is 6.07 Å². The third-order valence-corrected chi connectivity index (χ3v) is 4.37. The molecule has 0 saturated carbocycles. The fraction of sp³-hybridized carbons (Fsp3) is 0.562. The molecule has 2 rings (SSSR count). The number of nitrogens with two attached hydrogens (primary N) is 1. The molecule has 134 valence electrons. The summed E-state index contributed by atoms with van der Waals surface area (Å²) in [6, 6.07) is 4.05. The average molecular weight is 358 g/mol. The number of hydrogen-bond acceptors (Lipinski definition) is 5. The summed E-state index contributed by atoms with van der Waals surface area (Å²) < 4.78 is 5.28. The van der Waals surface area contributed by atoms with Crippen molar-refractivity contribution >= 4 is 24.0 Å². The summed E-state index contributed by atoms with van der Waals surface area (Å²) in [5.41, 5.74) is 7.38. The van der Waals surface area contributed by atoms with Crippen molar-refractivity contribution in [3.63, 3.8) is 0 Å². The fourth-order valence-corrected chi connectivity index (χ4v) is 2.77. The van der Waals surface area contributed by atoms with Crippen molar-refractivity contribution in [2.24, 2.45) is 11.7 Å². The number of nitrogens with zero attached hydrogens (tertiary/aromatic N) is 1. The molecule has 8 heteroatoms. The Bertz CT molecular complexity index is 591. The number of rotatable bonds is 5. The lowest BCUT2D eigenvalue weighted by Crippen LogP contribution is -2.47. The highest BCUT2D eigenvalue weighted by atomic mass is 35.5. The van der Waals surface area contributed by atoms with E-state index in [2.05, 4.69) is 5.32 Å². The summed E-state index contributed by atoms with van der Waals surface area (Å²) in [4.78, 5) is 22.9. The van der Waals surface area contributed by atoms with Crippen molar-refractivity contribution in [2.75, 3.05) is 13.2 Å². The van der Waals surface area contributed by atoms with E-state index in [1.54, 1.807) is 26.0 Å². The van der Waals surface area contributed by atoms with E-state index in [1.807, 2.05) is 0 Å². The van der Waals surface area contributed by atoms with Crippen LogP contribution in [0, 0.1) is 23.0 Å². The molecule has 1 aromatic rings. The molecule has 7 nitrogen and oxygen atoms in total. The third kappa shape index (κ3) is 4.90. The van der Waals surface area contributed by atoms with Crippen LogP contribution in [-0.4, -0.2) is 30.1 Å². The van der Waals surface area contributed by atoms with Gasteiger partial charge >= 0.3 is 0 Å². The number of nitrogens with one attached hydrogen (secondary N) is 1. The number of halogens is 1. The number of amides is 1. The number of carbonyl (C=O) groups excluding carboxylic acids is 1. The minimum Gasteiger partial charge on any atom is -0.381 e. The van der Waals surface area contributed by atoms with E-state index in [9.17, 15) is 14.9 Å². The zero-order valence-corrected chi connectivity index (χ0v) is 14.7. The minimum absolute atomic E-state index is 0. The third-order valence-electron chi connectivity index (χ3n) is 4.37. The fourth-order valence-electron chi connectivity index (χ4n) is 2.77. The van der Waals surface area contributed by atoms with E-state index in [0.29, 0.717) is 24.3 Å². The Hall–Kier alpha value is -1.70. The zero-order chi connectivity index (χ0) is 17.0. The van der Waals surface area contributed by atoms with Gasteiger partial charge in [0.05, 0.1) is 17.0 Å². The second kappa shape index (κ2) is 8.96. The smallest absolute Gasteiger partial charge is 0.272 e. The first kappa shape index (κ1) is 20.3. The molecular formula is C16H24ClN3O4. The number of hydrogen-bond donors (Lipinski definition) is 2. The number of nitro groups is 1. The Kier molecular flexibility index (Phi) is 7.59. The second-order valence-corrected chi connectivity index (χ2v) is 6.01. The normalized spacial score (nSPS) is 17.5. The Morgan fingerprint density at radius 1 is 1.42 bits per heavy atom. The average Bonchev–Trinajstić information content (AvgIpc) is 2.54. The monoisotopic (exact) mass is 357 g/mol. The molecule has 24 heavy (non-hydrogen) atoms. The Morgan fingerprint density at radius 2 is 2.04 bits per heavy atom. The quantitative estimate of drug-likeness (QED) is 0.620. The standard InChI is InChI=1S/C16H23N3O4.ClH/c1-10-3-4-13(9-14(10)19(21)22)11(2)18-16(20)15(17)12-5-7-23-8-6-12;/h3-4,9,11-12,15H,5-8,17H2,1-2H3,(H,18,20);1H. The predicted octanol–water partition coefficient (Wildman–Crippen LogP) is 2.26. The molecule has 1 amide bonds. The van der Waals surface area contributed by atoms with Gasteiger partial charge in [-0.15, -0.1) is 12.4 Å². The first-order chi connectivity index (χ1) is 10.9. The molecule has 1 heterocycles. The van der Waals surface area contributed by atoms with Gasteiger partial charge in [0, 0.05) is 24.8 Å². The molecule has 0 bridgehead atoms. The number of aryl methyl sites for hydroxylation is 1. The van der Waals surface area contributed by atoms with Gasteiger partial charge in [-0.2, -0.15) is 0 Å². The van der Waals surface area contributed by atoms with Crippen LogP contribution in [0.15, 0.2) is 18.2 Å². The summed E-state index contributed by atoms with van der Waals surface area (Å²) in [5.74, 6) is -0.115. The van der Waals surface area contributed by atoms with Gasteiger partial charge in [-0.05, 0) is 38.2 Å². The Morgan fingerprint density at radius 3 is 2.62 bits per heavy atom. The number of ether oxygens (including phenoxy) is 1. The summed E-state index contributed by atoms with van der Waals surface area (Å²) in [5, 5.41) is 13.9. The van der Waals surface area contributed by atoms with Gasteiger partial charge in [-0.25, -0.2) is 0 Å². The molecule has 0 aliphatic carbocycles. The van der Waals surface area contributed by atoms with Crippen LogP contribution in [0.1, 0.15) is 36.9 Å². The van der Waals surface area contributed by atoms with Gasteiger partial charge in [0.25, 0.3) is 5.69 Å².